The zero-order valence-electron chi connectivity index (χ0n) is 10.9. The van der Waals surface area contributed by atoms with Gasteiger partial charge in [-0.3, -0.25) is 0 Å². The lowest BCUT2D eigenvalue weighted by molar-refractivity contribution is 0.598. The molecule has 1 aromatic rings. The standard InChI is InChI=1S/C15H25N/c1-4-7-8-15(16)14-11-12(5-2)9-10-13(14)6-3/h9-11,15H,4-8,16H2,1-3H3. The summed E-state index contributed by atoms with van der Waals surface area (Å²) in [5.74, 6) is 0. The highest BCUT2D eigenvalue weighted by Gasteiger charge is 2.10. The number of nitrogens with two attached hydrogens (primary N) is 1. The minimum atomic E-state index is 0.224. The molecule has 1 atom stereocenters. The van der Waals surface area contributed by atoms with Crippen LogP contribution in [0, 0.1) is 0 Å². The van der Waals surface area contributed by atoms with Gasteiger partial charge in [0.05, 0.1) is 0 Å². The van der Waals surface area contributed by atoms with Crippen molar-refractivity contribution >= 4 is 0 Å². The van der Waals surface area contributed by atoms with Crippen LogP contribution in [0.25, 0.3) is 0 Å². The van der Waals surface area contributed by atoms with E-state index in [1.807, 2.05) is 0 Å². The molecule has 0 bridgehead atoms. The number of benzene rings is 1. The highest BCUT2D eigenvalue weighted by atomic mass is 14.6. The third kappa shape index (κ3) is 3.34. The zero-order valence-corrected chi connectivity index (χ0v) is 10.9. The Morgan fingerprint density at radius 2 is 1.88 bits per heavy atom. The molecule has 0 fully saturated rings. The van der Waals surface area contributed by atoms with Crippen molar-refractivity contribution in [3.05, 3.63) is 34.9 Å². The second-order valence-corrected chi connectivity index (χ2v) is 4.49. The van der Waals surface area contributed by atoms with Crippen LogP contribution in [0.2, 0.25) is 0 Å². The topological polar surface area (TPSA) is 26.0 Å². The second kappa shape index (κ2) is 6.70. The van der Waals surface area contributed by atoms with Crippen LogP contribution in [0.4, 0.5) is 0 Å². The molecule has 0 amide bonds. The maximum atomic E-state index is 6.28. The lowest BCUT2D eigenvalue weighted by Gasteiger charge is -2.17. The lowest BCUT2D eigenvalue weighted by Crippen LogP contribution is -2.13. The Hall–Kier alpha value is -0.820. The van der Waals surface area contributed by atoms with Crippen LogP contribution >= 0.6 is 0 Å². The molecule has 16 heavy (non-hydrogen) atoms. The van der Waals surface area contributed by atoms with Gasteiger partial charge in [-0.1, -0.05) is 51.8 Å². The molecule has 1 nitrogen and oxygen atoms in total. The molecule has 0 aliphatic heterocycles. The van der Waals surface area contributed by atoms with Crippen molar-refractivity contribution in [2.24, 2.45) is 5.73 Å². The average Bonchev–Trinajstić information content (AvgIpc) is 2.35. The van der Waals surface area contributed by atoms with Gasteiger partial charge < -0.3 is 5.73 Å². The van der Waals surface area contributed by atoms with E-state index in [2.05, 4.69) is 39.0 Å². The van der Waals surface area contributed by atoms with Crippen LogP contribution in [0.1, 0.15) is 62.8 Å². The molecule has 2 N–H and O–H groups in total. The summed E-state index contributed by atoms with van der Waals surface area (Å²) < 4.78 is 0. The first-order chi connectivity index (χ1) is 7.72. The van der Waals surface area contributed by atoms with Crippen molar-refractivity contribution < 1.29 is 0 Å². The van der Waals surface area contributed by atoms with Crippen molar-refractivity contribution in [1.29, 1.82) is 0 Å². The van der Waals surface area contributed by atoms with E-state index in [1.165, 1.54) is 29.5 Å². The summed E-state index contributed by atoms with van der Waals surface area (Å²) in [4.78, 5) is 0. The van der Waals surface area contributed by atoms with Crippen molar-refractivity contribution in [2.45, 2.75) is 58.9 Å². The maximum absolute atomic E-state index is 6.28. The number of rotatable bonds is 6. The minimum Gasteiger partial charge on any atom is -0.324 e. The first-order valence-corrected chi connectivity index (χ1v) is 6.60. The van der Waals surface area contributed by atoms with Crippen LogP contribution in [0.15, 0.2) is 18.2 Å². The van der Waals surface area contributed by atoms with Gasteiger partial charge >= 0.3 is 0 Å². The first kappa shape index (κ1) is 13.2. The first-order valence-electron chi connectivity index (χ1n) is 6.60. The molecule has 0 aliphatic rings. The largest absolute Gasteiger partial charge is 0.324 e. The Balaban J connectivity index is 2.89. The third-order valence-corrected chi connectivity index (χ3v) is 3.27. The van der Waals surface area contributed by atoms with Gasteiger partial charge in [0, 0.05) is 6.04 Å². The van der Waals surface area contributed by atoms with E-state index in [9.17, 15) is 0 Å². The van der Waals surface area contributed by atoms with Crippen LogP contribution in [0.3, 0.4) is 0 Å². The summed E-state index contributed by atoms with van der Waals surface area (Å²) in [6.07, 6.45) is 5.73. The summed E-state index contributed by atoms with van der Waals surface area (Å²) >= 11 is 0. The Morgan fingerprint density at radius 3 is 2.44 bits per heavy atom. The number of unbranched alkanes of at least 4 members (excludes halogenated alkanes) is 1. The van der Waals surface area contributed by atoms with Crippen molar-refractivity contribution in [1.82, 2.24) is 0 Å². The minimum absolute atomic E-state index is 0.224. The van der Waals surface area contributed by atoms with E-state index in [1.54, 1.807) is 0 Å². The van der Waals surface area contributed by atoms with E-state index < -0.39 is 0 Å². The van der Waals surface area contributed by atoms with Gasteiger partial charge in [-0.15, -0.1) is 0 Å². The Morgan fingerprint density at radius 1 is 1.12 bits per heavy atom. The fraction of sp³-hybridized carbons (Fsp3) is 0.600. The Labute approximate surface area is 100 Å². The molecule has 1 heteroatoms. The van der Waals surface area contributed by atoms with Crippen molar-refractivity contribution in [3.63, 3.8) is 0 Å². The van der Waals surface area contributed by atoms with Crippen LogP contribution in [0.5, 0.6) is 0 Å². The molecule has 1 rings (SSSR count). The zero-order chi connectivity index (χ0) is 12.0. The van der Waals surface area contributed by atoms with Gasteiger partial charge in [0.2, 0.25) is 0 Å². The highest BCUT2D eigenvalue weighted by Crippen LogP contribution is 2.23. The van der Waals surface area contributed by atoms with Gasteiger partial charge in [-0.2, -0.15) is 0 Å². The second-order valence-electron chi connectivity index (χ2n) is 4.49. The van der Waals surface area contributed by atoms with Crippen molar-refractivity contribution in [2.75, 3.05) is 0 Å². The summed E-state index contributed by atoms with van der Waals surface area (Å²) in [6.45, 7) is 6.62. The average molecular weight is 219 g/mol. The molecule has 0 heterocycles. The summed E-state index contributed by atoms with van der Waals surface area (Å²) in [5.41, 5.74) is 10.5. The Kier molecular flexibility index (Phi) is 5.54. The predicted octanol–water partition coefficient (Wildman–Crippen LogP) is 4.00. The van der Waals surface area contributed by atoms with E-state index in [0.29, 0.717) is 0 Å². The molecule has 0 spiro atoms. The molecule has 90 valence electrons. The molecule has 0 saturated carbocycles. The molecular formula is C15H25N. The van der Waals surface area contributed by atoms with Crippen LogP contribution in [-0.2, 0) is 12.8 Å². The SMILES string of the molecule is CCCCC(N)c1cc(CC)ccc1CC. The van der Waals surface area contributed by atoms with Gasteiger partial charge in [-0.05, 0) is 36.0 Å². The van der Waals surface area contributed by atoms with E-state index >= 15 is 0 Å². The van der Waals surface area contributed by atoms with E-state index in [0.717, 1.165) is 19.3 Å². The summed E-state index contributed by atoms with van der Waals surface area (Å²) in [5, 5.41) is 0. The monoisotopic (exact) mass is 219 g/mol. The molecule has 1 unspecified atom stereocenters. The van der Waals surface area contributed by atoms with Crippen LogP contribution < -0.4 is 5.73 Å². The number of hydrogen-bond donors (Lipinski definition) is 1. The van der Waals surface area contributed by atoms with Crippen molar-refractivity contribution in [3.8, 4) is 0 Å². The van der Waals surface area contributed by atoms with E-state index in [4.69, 9.17) is 5.73 Å². The molecule has 0 aliphatic carbocycles. The lowest BCUT2D eigenvalue weighted by atomic mass is 9.93. The number of aryl methyl sites for hydroxylation is 2. The maximum Gasteiger partial charge on any atom is 0.0297 e. The van der Waals surface area contributed by atoms with Crippen LogP contribution in [-0.4, -0.2) is 0 Å². The molecular weight excluding hydrogens is 194 g/mol. The fourth-order valence-corrected chi connectivity index (χ4v) is 2.11. The quantitative estimate of drug-likeness (QED) is 0.769. The predicted molar refractivity (Wildman–Crippen MR) is 71.7 cm³/mol. The van der Waals surface area contributed by atoms with Gasteiger partial charge in [0.15, 0.2) is 0 Å². The smallest absolute Gasteiger partial charge is 0.0297 e. The van der Waals surface area contributed by atoms with E-state index in [-0.39, 0.29) is 6.04 Å². The highest BCUT2D eigenvalue weighted by molar-refractivity contribution is 5.34. The molecule has 0 aromatic heterocycles. The normalized spacial score (nSPS) is 12.8. The summed E-state index contributed by atoms with van der Waals surface area (Å²) in [6, 6.07) is 7.01. The molecule has 1 aromatic carbocycles. The Bertz CT molecular complexity index is 317. The molecule has 0 radical (unpaired) electrons. The van der Waals surface area contributed by atoms with Gasteiger partial charge in [0.25, 0.3) is 0 Å². The fourth-order valence-electron chi connectivity index (χ4n) is 2.11. The van der Waals surface area contributed by atoms with Gasteiger partial charge in [-0.25, -0.2) is 0 Å². The third-order valence-electron chi connectivity index (χ3n) is 3.27. The van der Waals surface area contributed by atoms with Gasteiger partial charge in [0.1, 0.15) is 0 Å². The number of hydrogen-bond acceptors (Lipinski definition) is 1. The summed E-state index contributed by atoms with van der Waals surface area (Å²) in [7, 11) is 0. The molecule has 0 saturated heterocycles.